The number of hydrogen-bond donors (Lipinski definition) is 2. The summed E-state index contributed by atoms with van der Waals surface area (Å²) in [5.41, 5.74) is 0. The number of nitrogens with one attached hydrogen (secondary N) is 2. The van der Waals surface area contributed by atoms with E-state index in [1.807, 2.05) is 0 Å². The van der Waals surface area contributed by atoms with Gasteiger partial charge in [0.25, 0.3) is 0 Å². The lowest BCUT2D eigenvalue weighted by Crippen LogP contribution is -2.15. The third kappa shape index (κ3) is 3.79. The zero-order chi connectivity index (χ0) is 11.2. The molecule has 1 heterocycles. The molecule has 1 aromatic rings. The van der Waals surface area contributed by atoms with Gasteiger partial charge in [0, 0.05) is 26.3 Å². The minimum atomic E-state index is 0.490. The summed E-state index contributed by atoms with van der Waals surface area (Å²) in [6.07, 6.45) is 3.45. The summed E-state index contributed by atoms with van der Waals surface area (Å²) in [6, 6.07) is 1.15. The second-order valence-electron chi connectivity index (χ2n) is 3.93. The minimum Gasteiger partial charge on any atom is -0.407 e. The van der Waals surface area contributed by atoms with Crippen molar-refractivity contribution in [3.63, 3.8) is 0 Å². The van der Waals surface area contributed by atoms with Gasteiger partial charge < -0.3 is 19.8 Å². The van der Waals surface area contributed by atoms with E-state index in [0.29, 0.717) is 24.5 Å². The Kier molecular flexibility index (Phi) is 4.12. The average molecular weight is 226 g/mol. The molecule has 6 nitrogen and oxygen atoms in total. The Morgan fingerprint density at radius 2 is 2.31 bits per heavy atom. The van der Waals surface area contributed by atoms with E-state index in [1.54, 1.807) is 7.11 Å². The number of aromatic nitrogens is 2. The van der Waals surface area contributed by atoms with Crippen molar-refractivity contribution < 1.29 is 9.15 Å². The lowest BCUT2D eigenvalue weighted by Gasteiger charge is -1.99. The minimum absolute atomic E-state index is 0.490. The molecule has 0 saturated heterocycles. The lowest BCUT2D eigenvalue weighted by atomic mass is 10.4. The van der Waals surface area contributed by atoms with Gasteiger partial charge in [-0.1, -0.05) is 5.10 Å². The molecule has 1 saturated carbocycles. The first kappa shape index (κ1) is 11.3. The summed E-state index contributed by atoms with van der Waals surface area (Å²) in [7, 11) is 1.69. The van der Waals surface area contributed by atoms with Gasteiger partial charge >= 0.3 is 6.01 Å². The predicted octanol–water partition coefficient (Wildman–Crippen LogP) is 0.770. The third-order valence-electron chi connectivity index (χ3n) is 2.39. The zero-order valence-corrected chi connectivity index (χ0v) is 9.53. The zero-order valence-electron chi connectivity index (χ0n) is 9.53. The smallest absolute Gasteiger partial charge is 0.315 e. The third-order valence-corrected chi connectivity index (χ3v) is 2.39. The van der Waals surface area contributed by atoms with Gasteiger partial charge in [-0.2, -0.15) is 0 Å². The molecular weight excluding hydrogens is 208 g/mol. The molecule has 0 radical (unpaired) electrons. The number of rotatable bonds is 8. The molecule has 1 aromatic heterocycles. The van der Waals surface area contributed by atoms with E-state index < -0.39 is 0 Å². The maximum atomic E-state index is 5.41. The van der Waals surface area contributed by atoms with Gasteiger partial charge in [0.15, 0.2) is 0 Å². The van der Waals surface area contributed by atoms with Crippen molar-refractivity contribution in [2.45, 2.75) is 31.8 Å². The first-order valence-corrected chi connectivity index (χ1v) is 5.67. The molecule has 0 atom stereocenters. The molecule has 1 aliphatic carbocycles. The van der Waals surface area contributed by atoms with Crippen molar-refractivity contribution in [1.29, 1.82) is 0 Å². The van der Waals surface area contributed by atoms with Crippen LogP contribution in [0, 0.1) is 0 Å². The van der Waals surface area contributed by atoms with Gasteiger partial charge in [-0.15, -0.1) is 5.10 Å². The van der Waals surface area contributed by atoms with Gasteiger partial charge in [-0.25, -0.2) is 0 Å². The number of hydrogen-bond acceptors (Lipinski definition) is 6. The maximum Gasteiger partial charge on any atom is 0.315 e. The Labute approximate surface area is 94.8 Å². The second-order valence-corrected chi connectivity index (χ2v) is 3.93. The van der Waals surface area contributed by atoms with Crippen LogP contribution in [0.2, 0.25) is 0 Å². The number of methoxy groups -OCH3 is 1. The van der Waals surface area contributed by atoms with E-state index in [-0.39, 0.29) is 0 Å². The summed E-state index contributed by atoms with van der Waals surface area (Å²) in [4.78, 5) is 0. The molecule has 1 aliphatic rings. The summed E-state index contributed by atoms with van der Waals surface area (Å²) < 4.78 is 10.3. The summed E-state index contributed by atoms with van der Waals surface area (Å²) >= 11 is 0. The van der Waals surface area contributed by atoms with Crippen LogP contribution in [-0.4, -0.2) is 36.5 Å². The molecule has 0 unspecified atom stereocenters. The fraction of sp³-hybridized carbons (Fsp3) is 0.800. The number of nitrogens with zero attached hydrogens (tertiary/aromatic N) is 2. The van der Waals surface area contributed by atoms with Gasteiger partial charge in [0.2, 0.25) is 5.89 Å². The monoisotopic (exact) mass is 226 g/mol. The molecule has 6 heteroatoms. The van der Waals surface area contributed by atoms with Gasteiger partial charge in [0.1, 0.15) is 0 Å². The van der Waals surface area contributed by atoms with Crippen molar-refractivity contribution >= 4 is 6.01 Å². The Hall–Kier alpha value is -1.14. The van der Waals surface area contributed by atoms with Crippen LogP contribution in [0.1, 0.15) is 25.2 Å². The van der Waals surface area contributed by atoms with Crippen LogP contribution in [0.5, 0.6) is 0 Å². The quantitative estimate of drug-likeness (QED) is 0.638. The van der Waals surface area contributed by atoms with Crippen LogP contribution in [0.15, 0.2) is 4.42 Å². The van der Waals surface area contributed by atoms with E-state index in [2.05, 4.69) is 20.8 Å². The van der Waals surface area contributed by atoms with E-state index in [1.165, 1.54) is 12.8 Å². The van der Waals surface area contributed by atoms with Gasteiger partial charge in [-0.3, -0.25) is 0 Å². The van der Waals surface area contributed by atoms with Crippen molar-refractivity contribution in [3.05, 3.63) is 5.89 Å². The highest BCUT2D eigenvalue weighted by atomic mass is 16.5. The summed E-state index contributed by atoms with van der Waals surface area (Å²) in [6.45, 7) is 2.18. The van der Waals surface area contributed by atoms with Crippen LogP contribution in [0.4, 0.5) is 6.01 Å². The molecule has 0 aromatic carbocycles. The standard InChI is InChI=1S/C10H18N4O2/c1-15-6-2-5-11-10-14-13-9(16-10)7-12-8-3-4-8/h8,12H,2-7H2,1H3,(H,11,14). The first-order chi connectivity index (χ1) is 7.88. The van der Waals surface area contributed by atoms with Crippen LogP contribution in [-0.2, 0) is 11.3 Å². The Morgan fingerprint density at radius 3 is 3.06 bits per heavy atom. The number of anilines is 1. The fourth-order valence-electron chi connectivity index (χ4n) is 1.33. The highest BCUT2D eigenvalue weighted by molar-refractivity contribution is 5.16. The van der Waals surface area contributed by atoms with Crippen LogP contribution >= 0.6 is 0 Å². The molecule has 90 valence electrons. The maximum absolute atomic E-state index is 5.41. The van der Waals surface area contributed by atoms with Crippen molar-refractivity contribution in [2.24, 2.45) is 0 Å². The van der Waals surface area contributed by atoms with Crippen LogP contribution in [0.25, 0.3) is 0 Å². The SMILES string of the molecule is COCCCNc1nnc(CNC2CC2)o1. The van der Waals surface area contributed by atoms with E-state index in [4.69, 9.17) is 9.15 Å². The van der Waals surface area contributed by atoms with Crippen molar-refractivity contribution in [1.82, 2.24) is 15.5 Å². The van der Waals surface area contributed by atoms with Gasteiger partial charge in [-0.05, 0) is 19.3 Å². The molecule has 0 amide bonds. The van der Waals surface area contributed by atoms with E-state index >= 15 is 0 Å². The van der Waals surface area contributed by atoms with Crippen LogP contribution < -0.4 is 10.6 Å². The van der Waals surface area contributed by atoms with Crippen molar-refractivity contribution in [2.75, 3.05) is 25.6 Å². The molecule has 0 bridgehead atoms. The Balaban J connectivity index is 1.64. The van der Waals surface area contributed by atoms with Crippen LogP contribution in [0.3, 0.4) is 0 Å². The Morgan fingerprint density at radius 1 is 1.44 bits per heavy atom. The molecule has 2 N–H and O–H groups in total. The average Bonchev–Trinajstić information content (AvgIpc) is 3.02. The molecule has 2 rings (SSSR count). The fourth-order valence-corrected chi connectivity index (χ4v) is 1.33. The molecule has 0 spiro atoms. The second kappa shape index (κ2) is 5.81. The lowest BCUT2D eigenvalue weighted by molar-refractivity contribution is 0.197. The summed E-state index contributed by atoms with van der Waals surface area (Å²) in [5.74, 6) is 0.640. The normalized spacial score (nSPS) is 15.3. The largest absolute Gasteiger partial charge is 0.407 e. The van der Waals surface area contributed by atoms with E-state index in [0.717, 1.165) is 19.6 Å². The highest BCUT2D eigenvalue weighted by Gasteiger charge is 2.21. The Bertz CT molecular complexity index is 312. The number of ether oxygens (including phenoxy) is 1. The van der Waals surface area contributed by atoms with Gasteiger partial charge in [0.05, 0.1) is 6.54 Å². The topological polar surface area (TPSA) is 72.2 Å². The highest BCUT2D eigenvalue weighted by Crippen LogP contribution is 2.19. The molecule has 1 fully saturated rings. The van der Waals surface area contributed by atoms with Crippen molar-refractivity contribution in [3.8, 4) is 0 Å². The predicted molar refractivity (Wildman–Crippen MR) is 59.1 cm³/mol. The first-order valence-electron chi connectivity index (χ1n) is 5.67. The molecule has 16 heavy (non-hydrogen) atoms. The molecule has 0 aliphatic heterocycles. The molecular formula is C10H18N4O2. The van der Waals surface area contributed by atoms with E-state index in [9.17, 15) is 0 Å². The summed E-state index contributed by atoms with van der Waals surface area (Å²) in [5, 5.41) is 14.2.